The normalized spacial score (nSPS) is 23.0. The number of aliphatic carboxylic acids is 1. The third-order valence-corrected chi connectivity index (χ3v) is 4.97. The zero-order chi connectivity index (χ0) is 14.4. The molecule has 0 bridgehead atoms. The van der Waals surface area contributed by atoms with Gasteiger partial charge in [-0.05, 0) is 24.1 Å². The van der Waals surface area contributed by atoms with Crippen LogP contribution in [0.3, 0.4) is 0 Å². The van der Waals surface area contributed by atoms with Gasteiger partial charge in [0.2, 0.25) is 0 Å². The van der Waals surface area contributed by atoms with Crippen molar-refractivity contribution in [2.45, 2.75) is 22.7 Å². The fourth-order valence-corrected chi connectivity index (χ4v) is 3.86. The number of carbonyl (C=O) groups is 1. The Morgan fingerprint density at radius 1 is 1.37 bits per heavy atom. The van der Waals surface area contributed by atoms with Crippen LogP contribution in [-0.2, 0) is 11.2 Å². The van der Waals surface area contributed by atoms with Crippen LogP contribution < -0.4 is 0 Å². The van der Waals surface area contributed by atoms with Crippen molar-refractivity contribution in [3.05, 3.63) is 27.7 Å². The minimum atomic E-state index is -4.60. The summed E-state index contributed by atoms with van der Waals surface area (Å²) in [4.78, 5) is 11.3. The standard InChI is InChI=1S/C11H7Cl2F3O2S/c12-5-1-4-2-6(10(17)18)9(11(14,15)16)19-8(4)7(13)3-5/h1,3,6,9H,2H2,(H,17,18)/t6-,9+/m1/s1. The first-order valence-electron chi connectivity index (χ1n) is 5.14. The lowest BCUT2D eigenvalue weighted by Crippen LogP contribution is -2.41. The fraction of sp³-hybridized carbons (Fsp3) is 0.364. The van der Waals surface area contributed by atoms with Crippen molar-refractivity contribution >= 4 is 40.9 Å². The van der Waals surface area contributed by atoms with Gasteiger partial charge in [-0.15, -0.1) is 11.8 Å². The molecule has 0 fully saturated rings. The van der Waals surface area contributed by atoms with E-state index < -0.39 is 23.3 Å². The largest absolute Gasteiger partial charge is 0.481 e. The minimum Gasteiger partial charge on any atom is -0.481 e. The number of hydrogen-bond donors (Lipinski definition) is 1. The molecule has 8 heteroatoms. The maximum atomic E-state index is 12.9. The number of carboxylic acid groups (broad SMARTS) is 1. The molecular formula is C11H7Cl2F3O2S. The first kappa shape index (κ1) is 14.8. The summed E-state index contributed by atoms with van der Waals surface area (Å²) in [5.74, 6) is -3.01. The SMILES string of the molecule is O=C(O)[C@@H]1Cc2cc(Cl)cc(Cl)c2S[C@@H]1C(F)(F)F. The Labute approximate surface area is 120 Å². The van der Waals surface area contributed by atoms with Crippen molar-refractivity contribution in [1.82, 2.24) is 0 Å². The van der Waals surface area contributed by atoms with Crippen LogP contribution in [0.25, 0.3) is 0 Å². The highest BCUT2D eigenvalue weighted by atomic mass is 35.5. The van der Waals surface area contributed by atoms with Crippen LogP contribution in [0, 0.1) is 5.92 Å². The van der Waals surface area contributed by atoms with E-state index in [4.69, 9.17) is 28.3 Å². The van der Waals surface area contributed by atoms with Crippen LogP contribution >= 0.6 is 35.0 Å². The van der Waals surface area contributed by atoms with Gasteiger partial charge in [0.25, 0.3) is 0 Å². The van der Waals surface area contributed by atoms with Gasteiger partial charge in [0.1, 0.15) is 5.25 Å². The lowest BCUT2D eigenvalue weighted by atomic mass is 9.94. The van der Waals surface area contributed by atoms with Crippen LogP contribution in [0.1, 0.15) is 5.56 Å². The Hall–Kier alpha value is -0.590. The predicted octanol–water partition coefficient (Wildman–Crippen LogP) is 4.27. The molecule has 1 heterocycles. The molecule has 0 saturated heterocycles. The molecule has 0 amide bonds. The Morgan fingerprint density at radius 3 is 2.53 bits per heavy atom. The summed E-state index contributed by atoms with van der Waals surface area (Å²) in [5, 5.41) is 7.35. The molecule has 0 aromatic heterocycles. The maximum absolute atomic E-state index is 12.9. The van der Waals surface area contributed by atoms with E-state index in [0.717, 1.165) is 0 Å². The second-order valence-electron chi connectivity index (χ2n) is 4.10. The lowest BCUT2D eigenvalue weighted by molar-refractivity contribution is -0.160. The molecule has 1 aliphatic rings. The molecular weight excluding hydrogens is 324 g/mol. The van der Waals surface area contributed by atoms with Crippen molar-refractivity contribution in [1.29, 1.82) is 0 Å². The summed E-state index contributed by atoms with van der Waals surface area (Å²) in [5.41, 5.74) is 0.440. The number of alkyl halides is 3. The number of carboxylic acids is 1. The third-order valence-electron chi connectivity index (χ3n) is 2.78. The zero-order valence-corrected chi connectivity index (χ0v) is 11.5. The van der Waals surface area contributed by atoms with Gasteiger partial charge >= 0.3 is 12.1 Å². The Kier molecular flexibility index (Phi) is 3.95. The molecule has 1 aromatic carbocycles. The van der Waals surface area contributed by atoms with Crippen molar-refractivity contribution < 1.29 is 23.1 Å². The monoisotopic (exact) mass is 330 g/mol. The fourth-order valence-electron chi connectivity index (χ4n) is 1.96. The predicted molar refractivity (Wildman–Crippen MR) is 67.0 cm³/mol. The van der Waals surface area contributed by atoms with Crippen molar-refractivity contribution in [2.24, 2.45) is 5.92 Å². The maximum Gasteiger partial charge on any atom is 0.401 e. The van der Waals surface area contributed by atoms with Gasteiger partial charge in [0.05, 0.1) is 10.9 Å². The van der Waals surface area contributed by atoms with Gasteiger partial charge in [-0.2, -0.15) is 13.2 Å². The van der Waals surface area contributed by atoms with E-state index in [0.29, 0.717) is 17.3 Å². The van der Waals surface area contributed by atoms with E-state index in [2.05, 4.69) is 0 Å². The summed E-state index contributed by atoms with van der Waals surface area (Å²) in [6.07, 6.45) is -4.84. The number of hydrogen-bond acceptors (Lipinski definition) is 2. The molecule has 0 radical (unpaired) electrons. The molecule has 2 nitrogen and oxygen atoms in total. The Morgan fingerprint density at radius 2 is 2.00 bits per heavy atom. The Balaban J connectivity index is 2.48. The molecule has 0 saturated carbocycles. The van der Waals surface area contributed by atoms with Gasteiger partial charge in [0, 0.05) is 9.92 Å². The van der Waals surface area contributed by atoms with Gasteiger partial charge in [0.15, 0.2) is 0 Å². The summed E-state index contributed by atoms with van der Waals surface area (Å²) < 4.78 is 38.7. The average molecular weight is 331 g/mol. The van der Waals surface area contributed by atoms with Gasteiger partial charge < -0.3 is 5.11 Å². The molecule has 1 aromatic rings. The third kappa shape index (κ3) is 2.95. The number of halogens is 5. The highest BCUT2D eigenvalue weighted by molar-refractivity contribution is 8.00. The van der Waals surface area contributed by atoms with E-state index in [-0.39, 0.29) is 21.4 Å². The molecule has 0 aliphatic carbocycles. The number of benzene rings is 1. The summed E-state index contributed by atoms with van der Waals surface area (Å²) in [7, 11) is 0. The minimum absolute atomic E-state index is 0.116. The molecule has 1 N–H and O–H groups in total. The highest BCUT2D eigenvalue weighted by Crippen LogP contribution is 2.49. The van der Waals surface area contributed by atoms with Gasteiger partial charge in [-0.1, -0.05) is 23.2 Å². The van der Waals surface area contributed by atoms with E-state index >= 15 is 0 Å². The number of fused-ring (bicyclic) bond motifs is 1. The molecule has 0 spiro atoms. The molecule has 2 rings (SSSR count). The summed E-state index contributed by atoms with van der Waals surface area (Å²) >= 11 is 12.1. The number of rotatable bonds is 1. The van der Waals surface area contributed by atoms with Crippen LogP contribution in [0.2, 0.25) is 10.0 Å². The topological polar surface area (TPSA) is 37.3 Å². The quantitative estimate of drug-likeness (QED) is 0.835. The molecule has 19 heavy (non-hydrogen) atoms. The van der Waals surface area contributed by atoms with Crippen LogP contribution in [0.15, 0.2) is 17.0 Å². The first-order chi connectivity index (χ1) is 8.70. The van der Waals surface area contributed by atoms with Crippen molar-refractivity contribution in [3.63, 3.8) is 0 Å². The summed E-state index contributed by atoms with van der Waals surface area (Å²) in [6, 6.07) is 2.81. The van der Waals surface area contributed by atoms with Crippen LogP contribution in [0.4, 0.5) is 13.2 Å². The second kappa shape index (κ2) is 5.07. The zero-order valence-electron chi connectivity index (χ0n) is 9.17. The van der Waals surface area contributed by atoms with Gasteiger partial charge in [-0.3, -0.25) is 4.79 Å². The molecule has 104 valence electrons. The van der Waals surface area contributed by atoms with E-state index in [1.54, 1.807) is 0 Å². The van der Waals surface area contributed by atoms with Crippen molar-refractivity contribution in [3.8, 4) is 0 Å². The van der Waals surface area contributed by atoms with Crippen LogP contribution in [0.5, 0.6) is 0 Å². The van der Waals surface area contributed by atoms with Gasteiger partial charge in [-0.25, -0.2) is 0 Å². The molecule has 2 atom stereocenters. The highest BCUT2D eigenvalue weighted by Gasteiger charge is 2.51. The smallest absolute Gasteiger partial charge is 0.401 e. The number of thioether (sulfide) groups is 1. The Bertz CT molecular complexity index is 533. The van der Waals surface area contributed by atoms with Crippen LogP contribution in [-0.4, -0.2) is 22.5 Å². The first-order valence-corrected chi connectivity index (χ1v) is 6.78. The summed E-state index contributed by atoms with van der Waals surface area (Å²) in [6.45, 7) is 0. The molecule has 1 aliphatic heterocycles. The van der Waals surface area contributed by atoms with E-state index in [1.165, 1.54) is 12.1 Å². The van der Waals surface area contributed by atoms with E-state index in [9.17, 15) is 18.0 Å². The second-order valence-corrected chi connectivity index (χ2v) is 6.10. The lowest BCUT2D eigenvalue weighted by Gasteiger charge is -2.31. The van der Waals surface area contributed by atoms with Crippen molar-refractivity contribution in [2.75, 3.05) is 0 Å². The average Bonchev–Trinajstić information content (AvgIpc) is 2.25. The molecule has 0 unspecified atom stereocenters. The van der Waals surface area contributed by atoms with E-state index in [1.807, 2.05) is 0 Å².